The molecular weight excluding hydrogens is 252 g/mol. The molecule has 0 unspecified atom stereocenters. The van der Waals surface area contributed by atoms with Crippen molar-refractivity contribution in [3.63, 3.8) is 0 Å². The Morgan fingerprint density at radius 1 is 1.30 bits per heavy atom. The smallest absolute Gasteiger partial charge is 0.223 e. The van der Waals surface area contributed by atoms with Crippen LogP contribution in [0.1, 0.15) is 18.7 Å². The molecule has 0 saturated carbocycles. The van der Waals surface area contributed by atoms with Gasteiger partial charge in [0.25, 0.3) is 0 Å². The second kappa shape index (κ2) is 6.05. The van der Waals surface area contributed by atoms with Crippen LogP contribution in [0.5, 0.6) is 0 Å². The molecule has 106 valence electrons. The third kappa shape index (κ3) is 2.99. The molecule has 0 radical (unpaired) electrons. The zero-order valence-electron chi connectivity index (χ0n) is 11.5. The molecule has 0 spiro atoms. The highest BCUT2D eigenvalue weighted by atomic mass is 16.1. The Morgan fingerprint density at radius 2 is 2.10 bits per heavy atom. The second-order valence-corrected chi connectivity index (χ2v) is 5.27. The number of hydrogen-bond donors (Lipinski definition) is 3. The standard InChI is InChI=1S/C15H20N4O/c20-15(11-5-8-16-9-6-11)17-10-7-14-18-12-3-1-2-4-13(12)19-14/h1-4,11,16H,5-10H2,(H,17,20)(H,18,19). The fourth-order valence-corrected chi connectivity index (χ4v) is 2.66. The summed E-state index contributed by atoms with van der Waals surface area (Å²) in [5.41, 5.74) is 2.03. The molecule has 0 atom stereocenters. The van der Waals surface area contributed by atoms with E-state index in [4.69, 9.17) is 0 Å². The first-order valence-electron chi connectivity index (χ1n) is 7.25. The van der Waals surface area contributed by atoms with Crippen LogP contribution in [-0.2, 0) is 11.2 Å². The molecule has 5 nitrogen and oxygen atoms in total. The van der Waals surface area contributed by atoms with Gasteiger partial charge in [-0.15, -0.1) is 0 Å². The van der Waals surface area contributed by atoms with Gasteiger partial charge in [0.15, 0.2) is 0 Å². The Morgan fingerprint density at radius 3 is 2.90 bits per heavy atom. The summed E-state index contributed by atoms with van der Waals surface area (Å²) in [6, 6.07) is 7.97. The number of fused-ring (bicyclic) bond motifs is 1. The zero-order valence-corrected chi connectivity index (χ0v) is 11.5. The van der Waals surface area contributed by atoms with Crippen molar-refractivity contribution in [1.29, 1.82) is 0 Å². The summed E-state index contributed by atoms with van der Waals surface area (Å²) in [6.45, 7) is 2.53. The van der Waals surface area contributed by atoms with Gasteiger partial charge in [-0.1, -0.05) is 12.1 Å². The number of carbonyl (C=O) groups is 1. The van der Waals surface area contributed by atoms with Gasteiger partial charge in [0, 0.05) is 18.9 Å². The second-order valence-electron chi connectivity index (χ2n) is 5.27. The number of aromatic nitrogens is 2. The molecule has 1 fully saturated rings. The van der Waals surface area contributed by atoms with Crippen molar-refractivity contribution in [3.05, 3.63) is 30.1 Å². The minimum absolute atomic E-state index is 0.173. The monoisotopic (exact) mass is 272 g/mol. The van der Waals surface area contributed by atoms with Gasteiger partial charge in [-0.3, -0.25) is 4.79 Å². The number of hydrogen-bond acceptors (Lipinski definition) is 3. The van der Waals surface area contributed by atoms with Gasteiger partial charge in [-0.2, -0.15) is 0 Å². The molecule has 1 aromatic carbocycles. The lowest BCUT2D eigenvalue weighted by Gasteiger charge is -2.21. The number of nitrogens with zero attached hydrogens (tertiary/aromatic N) is 1. The predicted molar refractivity (Wildman–Crippen MR) is 78.4 cm³/mol. The third-order valence-corrected chi connectivity index (χ3v) is 3.81. The molecule has 3 N–H and O–H groups in total. The SMILES string of the molecule is O=C(NCCc1nc2ccccc2[nH]1)C1CCNCC1. The molecule has 2 heterocycles. The van der Waals surface area contributed by atoms with Crippen LogP contribution in [0, 0.1) is 5.92 Å². The predicted octanol–water partition coefficient (Wildman–Crippen LogP) is 1.22. The van der Waals surface area contributed by atoms with E-state index in [2.05, 4.69) is 20.6 Å². The van der Waals surface area contributed by atoms with Gasteiger partial charge in [-0.25, -0.2) is 4.98 Å². The van der Waals surface area contributed by atoms with Gasteiger partial charge in [0.1, 0.15) is 5.82 Å². The van der Waals surface area contributed by atoms with Crippen molar-refractivity contribution in [3.8, 4) is 0 Å². The molecule has 3 rings (SSSR count). The summed E-state index contributed by atoms with van der Waals surface area (Å²) in [5.74, 6) is 1.28. The maximum atomic E-state index is 12.0. The van der Waals surface area contributed by atoms with Crippen LogP contribution in [0.25, 0.3) is 11.0 Å². The molecule has 5 heteroatoms. The Labute approximate surface area is 118 Å². The summed E-state index contributed by atoms with van der Waals surface area (Å²) >= 11 is 0. The van der Waals surface area contributed by atoms with Gasteiger partial charge >= 0.3 is 0 Å². The minimum atomic E-state index is 0.173. The highest BCUT2D eigenvalue weighted by molar-refractivity contribution is 5.78. The Bertz CT molecular complexity index is 553. The van der Waals surface area contributed by atoms with Crippen molar-refractivity contribution in [2.24, 2.45) is 5.92 Å². The minimum Gasteiger partial charge on any atom is -0.355 e. The summed E-state index contributed by atoms with van der Waals surface area (Å²) in [4.78, 5) is 19.8. The lowest BCUT2D eigenvalue weighted by atomic mass is 9.97. The van der Waals surface area contributed by atoms with Crippen LogP contribution in [-0.4, -0.2) is 35.5 Å². The van der Waals surface area contributed by atoms with Crippen molar-refractivity contribution in [2.75, 3.05) is 19.6 Å². The summed E-state index contributed by atoms with van der Waals surface area (Å²) < 4.78 is 0. The number of H-pyrrole nitrogens is 1. The summed E-state index contributed by atoms with van der Waals surface area (Å²) in [7, 11) is 0. The normalized spacial score (nSPS) is 16.4. The van der Waals surface area contributed by atoms with Gasteiger partial charge in [0.2, 0.25) is 5.91 Å². The number of carbonyl (C=O) groups excluding carboxylic acids is 1. The van der Waals surface area contributed by atoms with Crippen LogP contribution in [0.15, 0.2) is 24.3 Å². The Hall–Kier alpha value is -1.88. The van der Waals surface area contributed by atoms with Gasteiger partial charge < -0.3 is 15.6 Å². The lowest BCUT2D eigenvalue weighted by molar-refractivity contribution is -0.125. The van der Waals surface area contributed by atoms with E-state index >= 15 is 0 Å². The van der Waals surface area contributed by atoms with Crippen LogP contribution < -0.4 is 10.6 Å². The fraction of sp³-hybridized carbons (Fsp3) is 0.467. The van der Waals surface area contributed by atoms with Crippen molar-refractivity contribution >= 4 is 16.9 Å². The number of aromatic amines is 1. The molecule has 0 bridgehead atoms. The number of nitrogens with one attached hydrogen (secondary N) is 3. The molecule has 1 aliphatic rings. The van der Waals surface area contributed by atoms with E-state index in [1.54, 1.807) is 0 Å². The average molecular weight is 272 g/mol. The number of imidazole rings is 1. The first-order valence-corrected chi connectivity index (χ1v) is 7.25. The number of para-hydroxylation sites is 2. The topological polar surface area (TPSA) is 69.8 Å². The number of rotatable bonds is 4. The van der Waals surface area contributed by atoms with E-state index in [-0.39, 0.29) is 11.8 Å². The van der Waals surface area contributed by atoms with Crippen LogP contribution in [0.3, 0.4) is 0 Å². The Balaban J connectivity index is 1.50. The van der Waals surface area contributed by atoms with E-state index in [0.29, 0.717) is 6.54 Å². The summed E-state index contributed by atoms with van der Waals surface area (Å²) in [5, 5.41) is 6.29. The highest BCUT2D eigenvalue weighted by Gasteiger charge is 2.20. The molecular formula is C15H20N4O. The first-order chi connectivity index (χ1) is 9.83. The van der Waals surface area contributed by atoms with E-state index in [0.717, 1.165) is 49.2 Å². The van der Waals surface area contributed by atoms with E-state index < -0.39 is 0 Å². The molecule has 1 aromatic heterocycles. The maximum Gasteiger partial charge on any atom is 0.223 e. The van der Waals surface area contributed by atoms with E-state index in [1.165, 1.54) is 0 Å². The number of amides is 1. The van der Waals surface area contributed by atoms with Gasteiger partial charge in [-0.05, 0) is 38.1 Å². The van der Waals surface area contributed by atoms with E-state index in [1.807, 2.05) is 24.3 Å². The van der Waals surface area contributed by atoms with E-state index in [9.17, 15) is 4.79 Å². The van der Waals surface area contributed by atoms with Crippen molar-refractivity contribution in [1.82, 2.24) is 20.6 Å². The molecule has 1 aliphatic heterocycles. The maximum absolute atomic E-state index is 12.0. The molecule has 20 heavy (non-hydrogen) atoms. The Kier molecular flexibility index (Phi) is 3.97. The molecule has 0 aliphatic carbocycles. The van der Waals surface area contributed by atoms with Crippen molar-refractivity contribution < 1.29 is 4.79 Å². The molecule has 1 saturated heterocycles. The quantitative estimate of drug-likeness (QED) is 0.784. The largest absolute Gasteiger partial charge is 0.355 e. The van der Waals surface area contributed by atoms with Gasteiger partial charge in [0.05, 0.1) is 11.0 Å². The molecule has 1 amide bonds. The fourth-order valence-electron chi connectivity index (χ4n) is 2.66. The lowest BCUT2D eigenvalue weighted by Crippen LogP contribution is -2.38. The van der Waals surface area contributed by atoms with Crippen molar-refractivity contribution in [2.45, 2.75) is 19.3 Å². The number of benzene rings is 1. The average Bonchev–Trinajstić information content (AvgIpc) is 2.90. The summed E-state index contributed by atoms with van der Waals surface area (Å²) in [6.07, 6.45) is 2.62. The van der Waals surface area contributed by atoms with Crippen LogP contribution in [0.2, 0.25) is 0 Å². The van der Waals surface area contributed by atoms with Crippen LogP contribution >= 0.6 is 0 Å². The molecule has 2 aromatic rings. The van der Waals surface area contributed by atoms with Crippen LogP contribution in [0.4, 0.5) is 0 Å². The zero-order chi connectivity index (χ0) is 13.8. The third-order valence-electron chi connectivity index (χ3n) is 3.81. The number of piperidine rings is 1. The first kappa shape index (κ1) is 13.1. The highest BCUT2D eigenvalue weighted by Crippen LogP contribution is 2.12.